The predicted octanol–water partition coefficient (Wildman–Crippen LogP) is 4.20. The molecule has 0 aromatic heterocycles. The standard InChI is InChI=1S/C14H15BrF2O/c15-10-3-4-11(16)12(13(10)17)14(18)9-6-7-1-2-8(9)5-7/h3-4,7-9,14,18H,1-2,5-6H2. The van der Waals surface area contributed by atoms with Crippen molar-refractivity contribution in [2.45, 2.75) is 31.8 Å². The number of hydrogen-bond acceptors (Lipinski definition) is 1. The maximum absolute atomic E-state index is 14.0. The minimum Gasteiger partial charge on any atom is -0.388 e. The van der Waals surface area contributed by atoms with Crippen LogP contribution >= 0.6 is 15.9 Å². The van der Waals surface area contributed by atoms with Gasteiger partial charge in [-0.3, -0.25) is 0 Å². The number of benzene rings is 1. The molecule has 2 aliphatic carbocycles. The third-order valence-corrected chi connectivity index (χ3v) is 5.19. The van der Waals surface area contributed by atoms with E-state index in [1.54, 1.807) is 0 Å². The molecule has 1 nitrogen and oxygen atoms in total. The van der Waals surface area contributed by atoms with Crippen molar-refractivity contribution in [3.8, 4) is 0 Å². The molecule has 3 rings (SSSR count). The van der Waals surface area contributed by atoms with E-state index in [2.05, 4.69) is 15.9 Å². The summed E-state index contributed by atoms with van der Waals surface area (Å²) in [6.45, 7) is 0. The van der Waals surface area contributed by atoms with Crippen LogP contribution in [0.2, 0.25) is 0 Å². The van der Waals surface area contributed by atoms with E-state index < -0.39 is 17.7 Å². The summed E-state index contributed by atoms with van der Waals surface area (Å²) in [4.78, 5) is 0. The van der Waals surface area contributed by atoms with Crippen LogP contribution < -0.4 is 0 Å². The Morgan fingerprint density at radius 3 is 2.61 bits per heavy atom. The van der Waals surface area contributed by atoms with Crippen LogP contribution in [0.4, 0.5) is 8.78 Å². The van der Waals surface area contributed by atoms with Gasteiger partial charge in [0.25, 0.3) is 0 Å². The van der Waals surface area contributed by atoms with Crippen molar-refractivity contribution < 1.29 is 13.9 Å². The summed E-state index contributed by atoms with van der Waals surface area (Å²) < 4.78 is 27.9. The third kappa shape index (κ3) is 1.90. The van der Waals surface area contributed by atoms with Crippen molar-refractivity contribution in [3.63, 3.8) is 0 Å². The summed E-state index contributed by atoms with van der Waals surface area (Å²) in [5.41, 5.74) is -0.165. The molecule has 1 aromatic rings. The Hall–Kier alpha value is -0.480. The lowest BCUT2D eigenvalue weighted by molar-refractivity contribution is 0.0680. The number of fused-ring (bicyclic) bond motifs is 2. The number of rotatable bonds is 2. The summed E-state index contributed by atoms with van der Waals surface area (Å²) in [5.74, 6) is -0.214. The van der Waals surface area contributed by atoms with Gasteiger partial charge < -0.3 is 5.11 Å². The molecule has 18 heavy (non-hydrogen) atoms. The number of aliphatic hydroxyl groups is 1. The molecule has 0 saturated heterocycles. The molecule has 0 amide bonds. The summed E-state index contributed by atoms with van der Waals surface area (Å²) in [5, 5.41) is 10.3. The molecule has 2 saturated carbocycles. The summed E-state index contributed by atoms with van der Waals surface area (Å²) in [7, 11) is 0. The van der Waals surface area contributed by atoms with Crippen molar-refractivity contribution in [2.75, 3.05) is 0 Å². The zero-order valence-corrected chi connectivity index (χ0v) is 11.5. The molecule has 1 aromatic carbocycles. The highest BCUT2D eigenvalue weighted by Gasteiger charge is 2.44. The highest BCUT2D eigenvalue weighted by molar-refractivity contribution is 9.10. The monoisotopic (exact) mass is 316 g/mol. The van der Waals surface area contributed by atoms with Gasteiger partial charge in [0.2, 0.25) is 0 Å². The van der Waals surface area contributed by atoms with Gasteiger partial charge in [-0.05, 0) is 65.1 Å². The van der Waals surface area contributed by atoms with Crippen LogP contribution in [0, 0.1) is 29.4 Å². The summed E-state index contributed by atoms with van der Waals surface area (Å²) >= 11 is 3.05. The van der Waals surface area contributed by atoms with Crippen LogP contribution in [0.3, 0.4) is 0 Å². The Labute approximate surface area is 113 Å². The fourth-order valence-corrected chi connectivity index (χ4v) is 4.05. The molecule has 1 N–H and O–H groups in total. The second-order valence-electron chi connectivity index (χ2n) is 5.54. The van der Waals surface area contributed by atoms with Crippen molar-refractivity contribution in [3.05, 3.63) is 33.8 Å². The molecule has 2 fully saturated rings. The van der Waals surface area contributed by atoms with Gasteiger partial charge in [-0.2, -0.15) is 0 Å². The lowest BCUT2D eigenvalue weighted by Gasteiger charge is -2.27. The first-order valence-corrected chi connectivity index (χ1v) is 7.18. The lowest BCUT2D eigenvalue weighted by atomic mass is 9.82. The second kappa shape index (κ2) is 4.57. The van der Waals surface area contributed by atoms with Crippen LogP contribution in [-0.4, -0.2) is 5.11 Å². The van der Waals surface area contributed by atoms with Gasteiger partial charge in [-0.25, -0.2) is 8.78 Å². The molecule has 0 heterocycles. The van der Waals surface area contributed by atoms with Crippen molar-refractivity contribution >= 4 is 15.9 Å². The number of halogens is 3. The molecule has 2 aliphatic rings. The number of aliphatic hydroxyl groups excluding tert-OH is 1. The molecule has 0 radical (unpaired) electrons. The van der Waals surface area contributed by atoms with E-state index in [4.69, 9.17) is 0 Å². The van der Waals surface area contributed by atoms with Crippen molar-refractivity contribution in [2.24, 2.45) is 17.8 Å². The first-order valence-electron chi connectivity index (χ1n) is 6.39. The first kappa shape index (κ1) is 12.5. The average molecular weight is 317 g/mol. The van der Waals surface area contributed by atoms with Gasteiger partial charge in [0.1, 0.15) is 11.6 Å². The topological polar surface area (TPSA) is 20.2 Å². The van der Waals surface area contributed by atoms with E-state index in [-0.39, 0.29) is 16.0 Å². The van der Waals surface area contributed by atoms with Crippen LogP contribution in [-0.2, 0) is 0 Å². The van der Waals surface area contributed by atoms with Gasteiger partial charge in [0.15, 0.2) is 0 Å². The predicted molar refractivity (Wildman–Crippen MR) is 68.0 cm³/mol. The molecule has 0 spiro atoms. The minimum atomic E-state index is -1.02. The minimum absolute atomic E-state index is 0.0158. The van der Waals surface area contributed by atoms with Crippen LogP contribution in [0.1, 0.15) is 37.4 Å². The van der Waals surface area contributed by atoms with Crippen molar-refractivity contribution in [1.82, 2.24) is 0 Å². The highest BCUT2D eigenvalue weighted by atomic mass is 79.9. The molecular formula is C14H15BrF2O. The van der Waals surface area contributed by atoms with Crippen molar-refractivity contribution in [1.29, 1.82) is 0 Å². The molecular weight excluding hydrogens is 302 g/mol. The normalized spacial score (nSPS) is 31.9. The molecule has 2 bridgehead atoms. The zero-order chi connectivity index (χ0) is 12.9. The van der Waals surface area contributed by atoms with Gasteiger partial charge >= 0.3 is 0 Å². The fourth-order valence-electron chi connectivity index (χ4n) is 3.71. The van der Waals surface area contributed by atoms with Gasteiger partial charge in [-0.1, -0.05) is 6.42 Å². The van der Waals surface area contributed by atoms with Gasteiger partial charge in [-0.15, -0.1) is 0 Å². The van der Waals surface area contributed by atoms with Crippen LogP contribution in [0.15, 0.2) is 16.6 Å². The maximum Gasteiger partial charge on any atom is 0.146 e. The van der Waals surface area contributed by atoms with Crippen LogP contribution in [0.25, 0.3) is 0 Å². The Kier molecular flexibility index (Phi) is 3.18. The first-order chi connectivity index (χ1) is 8.58. The van der Waals surface area contributed by atoms with E-state index in [1.807, 2.05) is 0 Å². The molecule has 4 unspecified atom stereocenters. The van der Waals surface area contributed by atoms with Gasteiger partial charge in [0.05, 0.1) is 16.1 Å². The molecule has 98 valence electrons. The van der Waals surface area contributed by atoms with E-state index in [1.165, 1.54) is 18.6 Å². The third-order valence-electron chi connectivity index (χ3n) is 4.57. The van der Waals surface area contributed by atoms with E-state index in [0.29, 0.717) is 11.8 Å². The molecule has 0 aliphatic heterocycles. The lowest BCUT2D eigenvalue weighted by Crippen LogP contribution is -2.21. The van der Waals surface area contributed by atoms with Crippen LogP contribution in [0.5, 0.6) is 0 Å². The van der Waals surface area contributed by atoms with Gasteiger partial charge in [0, 0.05) is 0 Å². The Balaban J connectivity index is 1.93. The van der Waals surface area contributed by atoms with E-state index in [0.717, 1.165) is 19.3 Å². The SMILES string of the molecule is OC(c1c(F)ccc(Br)c1F)C1CC2CCC1C2. The van der Waals surface area contributed by atoms with E-state index in [9.17, 15) is 13.9 Å². The summed E-state index contributed by atoms with van der Waals surface area (Å²) in [6, 6.07) is 2.54. The Morgan fingerprint density at radius 1 is 1.22 bits per heavy atom. The zero-order valence-electron chi connectivity index (χ0n) is 9.87. The Bertz CT molecular complexity index is 477. The molecule has 4 heteroatoms. The second-order valence-corrected chi connectivity index (χ2v) is 6.39. The fraction of sp³-hybridized carbons (Fsp3) is 0.571. The Morgan fingerprint density at radius 2 is 2.00 bits per heavy atom. The summed E-state index contributed by atoms with van der Waals surface area (Å²) in [6.07, 6.45) is 3.29. The quantitative estimate of drug-likeness (QED) is 0.811. The maximum atomic E-state index is 14.0. The average Bonchev–Trinajstić information content (AvgIpc) is 2.96. The number of hydrogen-bond donors (Lipinski definition) is 1. The highest BCUT2D eigenvalue weighted by Crippen LogP contribution is 2.53. The van der Waals surface area contributed by atoms with E-state index >= 15 is 0 Å². The smallest absolute Gasteiger partial charge is 0.146 e. The molecule has 4 atom stereocenters. The largest absolute Gasteiger partial charge is 0.388 e.